The Labute approximate surface area is 141 Å². The molecule has 2 aromatic rings. The van der Waals surface area contributed by atoms with Crippen LogP contribution in [0.5, 0.6) is 0 Å². The summed E-state index contributed by atoms with van der Waals surface area (Å²) in [6.45, 7) is 4.83. The van der Waals surface area contributed by atoms with Gasteiger partial charge in [-0.15, -0.1) is 0 Å². The second kappa shape index (κ2) is 8.86. The maximum Gasteiger partial charge on any atom is 0.257 e. The third-order valence-corrected chi connectivity index (χ3v) is 3.97. The number of carbonyl (C=O) groups is 2. The largest absolute Gasteiger partial charge is 0.472 e. The molecule has 0 spiro atoms. The van der Waals surface area contributed by atoms with E-state index in [0.717, 1.165) is 12.0 Å². The fourth-order valence-corrected chi connectivity index (χ4v) is 2.31. The minimum Gasteiger partial charge on any atom is -0.472 e. The Bertz CT molecular complexity index is 641. The SMILES string of the molecule is CCC(C)N(CCC(=O)NCc1ccncc1)C(=O)c1ccoc1. The maximum atomic E-state index is 12.5. The van der Waals surface area contributed by atoms with Gasteiger partial charge in [0.25, 0.3) is 5.91 Å². The molecule has 1 N–H and O–H groups in total. The Morgan fingerprint density at radius 2 is 2.04 bits per heavy atom. The lowest BCUT2D eigenvalue weighted by Crippen LogP contribution is -2.40. The van der Waals surface area contributed by atoms with Crippen molar-refractivity contribution in [3.8, 4) is 0 Å². The Balaban J connectivity index is 1.88. The first-order valence-electron chi connectivity index (χ1n) is 8.10. The lowest BCUT2D eigenvalue weighted by atomic mass is 10.1. The molecule has 0 aliphatic carbocycles. The summed E-state index contributed by atoms with van der Waals surface area (Å²) in [5, 5.41) is 2.86. The first-order chi connectivity index (χ1) is 11.6. The predicted molar refractivity (Wildman–Crippen MR) is 90.2 cm³/mol. The van der Waals surface area contributed by atoms with E-state index in [0.29, 0.717) is 18.7 Å². The normalized spacial score (nSPS) is 11.8. The molecule has 0 aliphatic rings. The monoisotopic (exact) mass is 329 g/mol. The van der Waals surface area contributed by atoms with Gasteiger partial charge in [-0.05, 0) is 37.1 Å². The number of hydrogen-bond donors (Lipinski definition) is 1. The van der Waals surface area contributed by atoms with Gasteiger partial charge in [-0.2, -0.15) is 0 Å². The second-order valence-corrected chi connectivity index (χ2v) is 5.65. The van der Waals surface area contributed by atoms with E-state index >= 15 is 0 Å². The van der Waals surface area contributed by atoms with Crippen LogP contribution in [0.2, 0.25) is 0 Å². The molecule has 1 unspecified atom stereocenters. The van der Waals surface area contributed by atoms with Gasteiger partial charge >= 0.3 is 0 Å². The molecule has 128 valence electrons. The first kappa shape index (κ1) is 17.7. The van der Waals surface area contributed by atoms with Gasteiger partial charge in [0, 0.05) is 37.9 Å². The van der Waals surface area contributed by atoms with Crippen molar-refractivity contribution >= 4 is 11.8 Å². The molecule has 0 aliphatic heterocycles. The Hall–Kier alpha value is -2.63. The third kappa shape index (κ3) is 4.94. The topological polar surface area (TPSA) is 75.4 Å². The lowest BCUT2D eigenvalue weighted by Gasteiger charge is -2.28. The highest BCUT2D eigenvalue weighted by molar-refractivity contribution is 5.94. The van der Waals surface area contributed by atoms with E-state index in [4.69, 9.17) is 4.42 Å². The molecule has 6 nitrogen and oxygen atoms in total. The molecule has 2 rings (SSSR count). The number of rotatable bonds is 8. The van der Waals surface area contributed by atoms with Crippen LogP contribution in [0.25, 0.3) is 0 Å². The zero-order valence-corrected chi connectivity index (χ0v) is 14.1. The van der Waals surface area contributed by atoms with E-state index in [2.05, 4.69) is 10.3 Å². The van der Waals surface area contributed by atoms with Gasteiger partial charge in [0.15, 0.2) is 0 Å². The molecular weight excluding hydrogens is 306 g/mol. The molecule has 1 atom stereocenters. The minimum absolute atomic E-state index is 0.0559. The van der Waals surface area contributed by atoms with Gasteiger partial charge in [-0.25, -0.2) is 0 Å². The molecule has 6 heteroatoms. The molecule has 0 fully saturated rings. The van der Waals surface area contributed by atoms with Crippen LogP contribution in [-0.4, -0.2) is 34.3 Å². The summed E-state index contributed by atoms with van der Waals surface area (Å²) in [5.74, 6) is -0.194. The van der Waals surface area contributed by atoms with Crippen LogP contribution in [0.3, 0.4) is 0 Å². The fraction of sp³-hybridized carbons (Fsp3) is 0.389. The highest BCUT2D eigenvalue weighted by Crippen LogP contribution is 2.12. The Morgan fingerprint density at radius 3 is 2.67 bits per heavy atom. The number of carbonyl (C=O) groups excluding carboxylic acids is 2. The van der Waals surface area contributed by atoms with Crippen molar-refractivity contribution in [2.45, 2.75) is 39.3 Å². The average Bonchev–Trinajstić information content (AvgIpc) is 3.15. The van der Waals surface area contributed by atoms with Gasteiger partial charge in [0.2, 0.25) is 5.91 Å². The molecule has 24 heavy (non-hydrogen) atoms. The molecule has 0 aromatic carbocycles. The third-order valence-electron chi connectivity index (χ3n) is 3.97. The molecule has 0 saturated heterocycles. The number of hydrogen-bond acceptors (Lipinski definition) is 4. The van der Waals surface area contributed by atoms with Gasteiger partial charge in [0.05, 0.1) is 11.8 Å². The predicted octanol–water partition coefficient (Wildman–Crippen LogP) is 2.62. The summed E-state index contributed by atoms with van der Waals surface area (Å²) in [4.78, 5) is 30.2. The van der Waals surface area contributed by atoms with E-state index in [-0.39, 0.29) is 24.3 Å². The van der Waals surface area contributed by atoms with Crippen LogP contribution in [-0.2, 0) is 11.3 Å². The molecule has 2 aromatic heterocycles. The van der Waals surface area contributed by atoms with Crippen LogP contribution in [0.15, 0.2) is 47.5 Å². The summed E-state index contributed by atoms with van der Waals surface area (Å²) in [7, 11) is 0. The minimum atomic E-state index is -0.111. The summed E-state index contributed by atoms with van der Waals surface area (Å²) in [6.07, 6.45) is 7.37. The maximum absolute atomic E-state index is 12.5. The van der Waals surface area contributed by atoms with Gasteiger partial charge in [-0.3, -0.25) is 14.6 Å². The number of nitrogens with zero attached hydrogens (tertiary/aromatic N) is 2. The van der Waals surface area contributed by atoms with Gasteiger partial charge < -0.3 is 14.6 Å². The molecular formula is C18H23N3O3. The van der Waals surface area contributed by atoms with E-state index < -0.39 is 0 Å². The van der Waals surface area contributed by atoms with Crippen molar-refractivity contribution in [2.75, 3.05) is 6.54 Å². The molecule has 2 amide bonds. The highest BCUT2D eigenvalue weighted by Gasteiger charge is 2.21. The van der Waals surface area contributed by atoms with Crippen molar-refractivity contribution in [2.24, 2.45) is 0 Å². The molecule has 0 bridgehead atoms. The van der Waals surface area contributed by atoms with Crippen LogP contribution in [0.4, 0.5) is 0 Å². The number of furan rings is 1. The van der Waals surface area contributed by atoms with E-state index in [9.17, 15) is 9.59 Å². The van der Waals surface area contributed by atoms with Crippen molar-refractivity contribution in [3.63, 3.8) is 0 Å². The number of amides is 2. The van der Waals surface area contributed by atoms with Crippen LogP contribution < -0.4 is 5.32 Å². The first-order valence-corrected chi connectivity index (χ1v) is 8.10. The summed E-state index contributed by atoms with van der Waals surface area (Å²) >= 11 is 0. The van der Waals surface area contributed by atoms with E-state index in [1.165, 1.54) is 12.5 Å². The molecule has 2 heterocycles. The number of aromatic nitrogens is 1. The molecule has 0 radical (unpaired) electrons. The number of pyridine rings is 1. The lowest BCUT2D eigenvalue weighted by molar-refractivity contribution is -0.121. The van der Waals surface area contributed by atoms with Crippen LogP contribution >= 0.6 is 0 Å². The quantitative estimate of drug-likeness (QED) is 0.808. The van der Waals surface area contributed by atoms with Crippen molar-refractivity contribution in [1.29, 1.82) is 0 Å². The van der Waals surface area contributed by atoms with Crippen molar-refractivity contribution in [1.82, 2.24) is 15.2 Å². The van der Waals surface area contributed by atoms with Crippen molar-refractivity contribution in [3.05, 3.63) is 54.2 Å². The smallest absolute Gasteiger partial charge is 0.257 e. The average molecular weight is 329 g/mol. The second-order valence-electron chi connectivity index (χ2n) is 5.65. The number of nitrogens with one attached hydrogen (secondary N) is 1. The molecule has 0 saturated carbocycles. The highest BCUT2D eigenvalue weighted by atomic mass is 16.3. The van der Waals surface area contributed by atoms with Crippen LogP contribution in [0, 0.1) is 0 Å². The van der Waals surface area contributed by atoms with E-state index in [1.54, 1.807) is 23.4 Å². The summed E-state index contributed by atoms with van der Waals surface area (Å²) in [6, 6.07) is 5.41. The zero-order valence-electron chi connectivity index (χ0n) is 14.1. The fourth-order valence-electron chi connectivity index (χ4n) is 2.31. The van der Waals surface area contributed by atoms with Crippen LogP contribution in [0.1, 0.15) is 42.6 Å². The Kier molecular flexibility index (Phi) is 6.54. The standard InChI is InChI=1S/C18H23N3O3/c1-3-14(2)21(18(23)16-7-11-24-13-16)10-6-17(22)20-12-15-4-8-19-9-5-15/h4-5,7-9,11,13-14H,3,6,10,12H2,1-2H3,(H,20,22). The van der Waals surface area contributed by atoms with E-state index in [1.807, 2.05) is 26.0 Å². The van der Waals surface area contributed by atoms with Gasteiger partial charge in [-0.1, -0.05) is 6.92 Å². The zero-order chi connectivity index (χ0) is 17.4. The summed E-state index contributed by atoms with van der Waals surface area (Å²) < 4.78 is 4.98. The van der Waals surface area contributed by atoms with Crippen molar-refractivity contribution < 1.29 is 14.0 Å². The Morgan fingerprint density at radius 1 is 1.29 bits per heavy atom. The van der Waals surface area contributed by atoms with Gasteiger partial charge in [0.1, 0.15) is 6.26 Å². The summed E-state index contributed by atoms with van der Waals surface area (Å²) in [5.41, 5.74) is 1.50.